The van der Waals surface area contributed by atoms with Crippen molar-refractivity contribution in [2.45, 2.75) is 25.8 Å². The number of halogens is 1. The molecule has 0 saturated heterocycles. The minimum atomic E-state index is -0.130. The molecule has 0 amide bonds. The van der Waals surface area contributed by atoms with Gasteiger partial charge in [0, 0.05) is 26.7 Å². The number of rotatable bonds is 4. The predicted molar refractivity (Wildman–Crippen MR) is 71.4 cm³/mol. The molecule has 0 spiro atoms. The van der Waals surface area contributed by atoms with E-state index in [2.05, 4.69) is 10.1 Å². The van der Waals surface area contributed by atoms with E-state index in [9.17, 15) is 0 Å². The van der Waals surface area contributed by atoms with Crippen LogP contribution in [0.4, 0.5) is 0 Å². The zero-order valence-corrected chi connectivity index (χ0v) is 11.6. The Bertz CT molecular complexity index is 543. The Hall–Kier alpha value is -1.33. The minimum absolute atomic E-state index is 0.130. The lowest BCUT2D eigenvalue weighted by atomic mass is 10.1. The minimum Gasteiger partial charge on any atom is -0.336 e. The molecule has 6 heteroatoms. The second-order valence-electron chi connectivity index (χ2n) is 4.42. The lowest BCUT2D eigenvalue weighted by Gasteiger charge is -2.12. The maximum atomic E-state index is 6.31. The van der Waals surface area contributed by atoms with Crippen LogP contribution in [0.5, 0.6) is 0 Å². The van der Waals surface area contributed by atoms with Crippen molar-refractivity contribution in [3.63, 3.8) is 0 Å². The molecule has 2 heterocycles. The van der Waals surface area contributed by atoms with Crippen molar-refractivity contribution >= 4 is 11.6 Å². The van der Waals surface area contributed by atoms with Gasteiger partial charge in [-0.25, -0.2) is 4.98 Å². The molecule has 5 nitrogen and oxygen atoms in total. The lowest BCUT2D eigenvalue weighted by molar-refractivity contribution is 0.609. The van der Waals surface area contributed by atoms with Gasteiger partial charge in [-0.3, -0.25) is 4.68 Å². The van der Waals surface area contributed by atoms with Gasteiger partial charge in [0.05, 0.1) is 34.5 Å². The van der Waals surface area contributed by atoms with Crippen LogP contribution in [0.1, 0.15) is 30.0 Å². The van der Waals surface area contributed by atoms with Crippen LogP contribution in [-0.2, 0) is 26.9 Å². The molecule has 98 valence electrons. The van der Waals surface area contributed by atoms with Crippen molar-refractivity contribution in [3.8, 4) is 0 Å². The normalized spacial score (nSPS) is 12.9. The second-order valence-corrected chi connectivity index (χ2v) is 4.80. The predicted octanol–water partition coefficient (Wildman–Crippen LogP) is 1.61. The van der Waals surface area contributed by atoms with Gasteiger partial charge >= 0.3 is 0 Å². The van der Waals surface area contributed by atoms with Crippen molar-refractivity contribution in [2.75, 3.05) is 0 Å². The first-order valence-corrected chi connectivity index (χ1v) is 6.34. The molecule has 0 aliphatic rings. The van der Waals surface area contributed by atoms with E-state index >= 15 is 0 Å². The lowest BCUT2D eigenvalue weighted by Crippen LogP contribution is -2.18. The van der Waals surface area contributed by atoms with E-state index in [1.165, 1.54) is 0 Å². The Kier molecular flexibility index (Phi) is 3.73. The number of hydrogen-bond donors (Lipinski definition) is 1. The summed E-state index contributed by atoms with van der Waals surface area (Å²) in [5.41, 5.74) is 9.09. The number of nitrogens with two attached hydrogens (primary N) is 1. The summed E-state index contributed by atoms with van der Waals surface area (Å²) in [5.74, 6) is 0. The maximum absolute atomic E-state index is 6.31. The first-order chi connectivity index (χ1) is 8.54. The highest BCUT2D eigenvalue weighted by Gasteiger charge is 2.18. The van der Waals surface area contributed by atoms with Gasteiger partial charge in [-0.15, -0.1) is 0 Å². The molecule has 0 aromatic carbocycles. The van der Waals surface area contributed by atoms with Crippen LogP contribution >= 0.6 is 11.6 Å². The average molecular weight is 268 g/mol. The zero-order chi connectivity index (χ0) is 13.3. The van der Waals surface area contributed by atoms with Crippen LogP contribution in [0.15, 0.2) is 12.5 Å². The van der Waals surface area contributed by atoms with E-state index in [1.54, 1.807) is 12.5 Å². The molecule has 1 atom stereocenters. The van der Waals surface area contributed by atoms with Gasteiger partial charge < -0.3 is 10.3 Å². The smallest absolute Gasteiger partial charge is 0.0946 e. The third-order valence-electron chi connectivity index (χ3n) is 3.15. The molecule has 2 N–H and O–H groups in total. The van der Waals surface area contributed by atoms with E-state index in [0.717, 1.165) is 28.5 Å². The number of nitrogens with zero attached hydrogens (tertiary/aromatic N) is 4. The van der Waals surface area contributed by atoms with E-state index in [-0.39, 0.29) is 6.04 Å². The highest BCUT2D eigenvalue weighted by molar-refractivity contribution is 6.31. The quantitative estimate of drug-likeness (QED) is 0.916. The molecule has 2 aromatic rings. The average Bonchev–Trinajstić information content (AvgIpc) is 2.87. The molecule has 0 fully saturated rings. The van der Waals surface area contributed by atoms with Crippen LogP contribution in [0.3, 0.4) is 0 Å². The van der Waals surface area contributed by atoms with Gasteiger partial charge in [0.15, 0.2) is 0 Å². The molecule has 0 aliphatic heterocycles. The molecule has 18 heavy (non-hydrogen) atoms. The van der Waals surface area contributed by atoms with Gasteiger partial charge in [0.2, 0.25) is 0 Å². The highest BCUT2D eigenvalue weighted by Crippen LogP contribution is 2.25. The van der Waals surface area contributed by atoms with E-state index in [4.69, 9.17) is 17.3 Å². The monoisotopic (exact) mass is 267 g/mol. The van der Waals surface area contributed by atoms with Crippen molar-refractivity contribution in [3.05, 3.63) is 34.6 Å². The second kappa shape index (κ2) is 5.12. The maximum Gasteiger partial charge on any atom is 0.0946 e. The molecule has 0 radical (unpaired) electrons. The van der Waals surface area contributed by atoms with Crippen LogP contribution in [-0.4, -0.2) is 19.3 Å². The Labute approximate surface area is 112 Å². The fourth-order valence-corrected chi connectivity index (χ4v) is 2.45. The molecule has 0 bridgehead atoms. The summed E-state index contributed by atoms with van der Waals surface area (Å²) in [6.45, 7) is 2.04. The van der Waals surface area contributed by atoms with E-state index in [0.29, 0.717) is 6.42 Å². The molecule has 2 rings (SSSR count). The number of hydrogen-bond acceptors (Lipinski definition) is 3. The van der Waals surface area contributed by atoms with Crippen molar-refractivity contribution in [2.24, 2.45) is 19.8 Å². The highest BCUT2D eigenvalue weighted by atomic mass is 35.5. The first kappa shape index (κ1) is 13.1. The number of aryl methyl sites for hydroxylation is 3. The number of imidazole rings is 1. The fraction of sp³-hybridized carbons (Fsp3) is 0.500. The molecular weight excluding hydrogens is 250 g/mol. The summed E-state index contributed by atoms with van der Waals surface area (Å²) < 4.78 is 3.74. The van der Waals surface area contributed by atoms with Gasteiger partial charge in [0.1, 0.15) is 0 Å². The topological polar surface area (TPSA) is 61.7 Å². The fourth-order valence-electron chi connectivity index (χ4n) is 2.08. The third-order valence-corrected chi connectivity index (χ3v) is 3.59. The van der Waals surface area contributed by atoms with Crippen LogP contribution in [0, 0.1) is 0 Å². The van der Waals surface area contributed by atoms with Crippen LogP contribution < -0.4 is 5.73 Å². The van der Waals surface area contributed by atoms with E-state index < -0.39 is 0 Å². The molecular formula is C12H18ClN5. The molecule has 1 unspecified atom stereocenters. The summed E-state index contributed by atoms with van der Waals surface area (Å²) in [7, 11) is 3.83. The van der Waals surface area contributed by atoms with Gasteiger partial charge in [0.25, 0.3) is 0 Å². The van der Waals surface area contributed by atoms with Crippen molar-refractivity contribution in [1.82, 2.24) is 19.3 Å². The van der Waals surface area contributed by atoms with Gasteiger partial charge in [-0.2, -0.15) is 5.10 Å². The molecule has 0 saturated carbocycles. The first-order valence-electron chi connectivity index (χ1n) is 5.96. The van der Waals surface area contributed by atoms with Crippen LogP contribution in [0.25, 0.3) is 0 Å². The van der Waals surface area contributed by atoms with Gasteiger partial charge in [-0.05, 0) is 6.42 Å². The standard InChI is InChI=1S/C12H18ClN5/c1-4-9-12(13)10(18(3)16-9)5-8(14)11-6-15-7-17(11)2/h6-8H,4-5,14H2,1-3H3. The molecule has 2 aromatic heterocycles. The Balaban J connectivity index is 2.24. The Morgan fingerprint density at radius 1 is 1.44 bits per heavy atom. The number of aromatic nitrogens is 4. The Morgan fingerprint density at radius 3 is 2.67 bits per heavy atom. The molecule has 0 aliphatic carbocycles. The van der Waals surface area contributed by atoms with Crippen molar-refractivity contribution < 1.29 is 0 Å². The van der Waals surface area contributed by atoms with E-state index in [1.807, 2.05) is 30.3 Å². The third kappa shape index (κ3) is 2.28. The zero-order valence-electron chi connectivity index (χ0n) is 10.9. The SMILES string of the molecule is CCc1nn(C)c(CC(N)c2cncn2C)c1Cl. The Morgan fingerprint density at radius 2 is 2.17 bits per heavy atom. The summed E-state index contributed by atoms with van der Waals surface area (Å²) in [6.07, 6.45) is 5.02. The summed E-state index contributed by atoms with van der Waals surface area (Å²) in [4.78, 5) is 4.08. The summed E-state index contributed by atoms with van der Waals surface area (Å²) in [6, 6.07) is -0.130. The summed E-state index contributed by atoms with van der Waals surface area (Å²) in [5, 5.41) is 5.13. The largest absolute Gasteiger partial charge is 0.336 e. The summed E-state index contributed by atoms with van der Waals surface area (Å²) >= 11 is 6.31. The van der Waals surface area contributed by atoms with Gasteiger partial charge in [-0.1, -0.05) is 18.5 Å². The van der Waals surface area contributed by atoms with Crippen LogP contribution in [0.2, 0.25) is 5.02 Å². The van der Waals surface area contributed by atoms with Crippen molar-refractivity contribution in [1.29, 1.82) is 0 Å².